The van der Waals surface area contributed by atoms with Crippen molar-refractivity contribution in [3.05, 3.63) is 58.2 Å². The summed E-state index contributed by atoms with van der Waals surface area (Å²) < 4.78 is 38.5. The molecule has 0 radical (unpaired) electrons. The summed E-state index contributed by atoms with van der Waals surface area (Å²) in [6.45, 7) is 9.27. The van der Waals surface area contributed by atoms with Crippen molar-refractivity contribution in [2.45, 2.75) is 45.3 Å². The van der Waals surface area contributed by atoms with E-state index in [1.54, 1.807) is 28.9 Å². The molecule has 2 amide bonds. The van der Waals surface area contributed by atoms with Gasteiger partial charge in [-0.15, -0.1) is 0 Å². The van der Waals surface area contributed by atoms with Crippen molar-refractivity contribution in [2.24, 2.45) is 0 Å². The zero-order chi connectivity index (χ0) is 25.3. The molecule has 1 unspecified atom stereocenters. The van der Waals surface area contributed by atoms with Crippen molar-refractivity contribution in [3.8, 4) is 0 Å². The summed E-state index contributed by atoms with van der Waals surface area (Å²) >= 11 is 6.04. The Hall–Kier alpha value is -2.81. The van der Waals surface area contributed by atoms with E-state index in [1.165, 1.54) is 0 Å². The molecule has 1 aromatic heterocycles. The second-order valence-corrected chi connectivity index (χ2v) is 9.77. The Kier molecular flexibility index (Phi) is 7.45. The molecule has 0 bridgehead atoms. The molecule has 0 aliphatic carbocycles. The number of carbonyl (C=O) groups excluding carboxylic acids is 2. The van der Waals surface area contributed by atoms with Crippen molar-refractivity contribution in [1.82, 2.24) is 15.2 Å². The lowest BCUT2D eigenvalue weighted by Gasteiger charge is -2.37. The van der Waals surface area contributed by atoms with E-state index in [2.05, 4.69) is 31.1 Å². The fraction of sp³-hybridized carbons (Fsp3) is 0.458. The number of pyridine rings is 1. The highest BCUT2D eigenvalue weighted by Gasteiger charge is 2.33. The minimum Gasteiger partial charge on any atom is -0.352 e. The number of nitrogens with one attached hydrogen (secondary N) is 1. The van der Waals surface area contributed by atoms with Gasteiger partial charge in [-0.05, 0) is 36.1 Å². The van der Waals surface area contributed by atoms with Crippen LogP contribution in [0.2, 0.25) is 5.02 Å². The number of halogens is 4. The molecule has 1 N–H and O–H groups in total. The van der Waals surface area contributed by atoms with Crippen LogP contribution < -0.4 is 10.2 Å². The summed E-state index contributed by atoms with van der Waals surface area (Å²) in [5.74, 6) is -0.312. The number of aromatic nitrogens is 1. The molecule has 0 spiro atoms. The van der Waals surface area contributed by atoms with Crippen LogP contribution in [0.4, 0.5) is 19.0 Å². The lowest BCUT2D eigenvalue weighted by Crippen LogP contribution is -2.54. The molecule has 1 saturated heterocycles. The van der Waals surface area contributed by atoms with Crippen LogP contribution in [0.5, 0.6) is 0 Å². The van der Waals surface area contributed by atoms with Crippen LogP contribution >= 0.6 is 11.6 Å². The molecule has 2 heterocycles. The van der Waals surface area contributed by atoms with E-state index in [4.69, 9.17) is 11.6 Å². The van der Waals surface area contributed by atoms with Crippen molar-refractivity contribution in [3.63, 3.8) is 0 Å². The Morgan fingerprint density at radius 3 is 2.12 bits per heavy atom. The van der Waals surface area contributed by atoms with E-state index in [0.29, 0.717) is 31.7 Å². The summed E-state index contributed by atoms with van der Waals surface area (Å²) in [4.78, 5) is 32.7. The SMILES string of the molecule is CC(NC(=O)c1ccc(C(C)(C)C)cc1)C(=O)N1CCN(c2ncc(C(F)(F)F)cc2Cl)CC1. The quantitative estimate of drug-likeness (QED) is 0.676. The number of piperazine rings is 1. The van der Waals surface area contributed by atoms with Crippen molar-refractivity contribution < 1.29 is 22.8 Å². The van der Waals surface area contributed by atoms with Crippen LogP contribution in [-0.4, -0.2) is 53.9 Å². The number of alkyl halides is 3. The van der Waals surface area contributed by atoms with Crippen LogP contribution in [0.25, 0.3) is 0 Å². The summed E-state index contributed by atoms with van der Waals surface area (Å²) in [5, 5.41) is 2.65. The summed E-state index contributed by atoms with van der Waals surface area (Å²) in [7, 11) is 0. The molecule has 1 aliphatic rings. The zero-order valence-corrected chi connectivity index (χ0v) is 20.3. The van der Waals surface area contributed by atoms with Gasteiger partial charge in [0.05, 0.1) is 10.6 Å². The minimum absolute atomic E-state index is 0.0273. The first kappa shape index (κ1) is 25.8. The monoisotopic (exact) mass is 496 g/mol. The van der Waals surface area contributed by atoms with Gasteiger partial charge in [0.1, 0.15) is 11.9 Å². The van der Waals surface area contributed by atoms with E-state index in [-0.39, 0.29) is 28.1 Å². The standard InChI is InChI=1S/C24H28ClF3N4O2/c1-15(30-21(33)16-5-7-17(8-6-16)23(2,3)4)22(34)32-11-9-31(10-12-32)20-19(25)13-18(14-29-20)24(26,27)28/h5-8,13-15H,9-12H2,1-4H3,(H,30,33). The normalized spacial score (nSPS) is 15.8. The van der Waals surface area contributed by atoms with E-state index in [0.717, 1.165) is 17.8 Å². The Bertz CT molecular complexity index is 1040. The van der Waals surface area contributed by atoms with Gasteiger partial charge in [-0.3, -0.25) is 9.59 Å². The molecule has 184 valence electrons. The van der Waals surface area contributed by atoms with Crippen molar-refractivity contribution >= 4 is 29.2 Å². The molecule has 0 saturated carbocycles. The highest BCUT2D eigenvalue weighted by molar-refractivity contribution is 6.33. The highest BCUT2D eigenvalue weighted by atomic mass is 35.5. The van der Waals surface area contributed by atoms with E-state index >= 15 is 0 Å². The predicted molar refractivity (Wildman–Crippen MR) is 125 cm³/mol. The topological polar surface area (TPSA) is 65.5 Å². The first-order valence-corrected chi connectivity index (χ1v) is 11.3. The smallest absolute Gasteiger partial charge is 0.352 e. The number of amides is 2. The minimum atomic E-state index is -4.52. The molecule has 3 rings (SSSR count). The van der Waals surface area contributed by atoms with Crippen LogP contribution in [0.3, 0.4) is 0 Å². The molecular formula is C24H28ClF3N4O2. The Balaban J connectivity index is 1.56. The number of hydrogen-bond donors (Lipinski definition) is 1. The first-order chi connectivity index (χ1) is 15.8. The van der Waals surface area contributed by atoms with Crippen molar-refractivity contribution in [2.75, 3.05) is 31.1 Å². The van der Waals surface area contributed by atoms with Gasteiger partial charge in [0.2, 0.25) is 5.91 Å². The maximum Gasteiger partial charge on any atom is 0.417 e. The second kappa shape index (κ2) is 9.82. The molecule has 1 atom stereocenters. The summed E-state index contributed by atoms with van der Waals surface area (Å²) in [6, 6.07) is 7.42. The van der Waals surface area contributed by atoms with Crippen LogP contribution in [0.15, 0.2) is 36.5 Å². The van der Waals surface area contributed by atoms with E-state index in [1.807, 2.05) is 12.1 Å². The van der Waals surface area contributed by atoms with Gasteiger partial charge < -0.3 is 15.1 Å². The largest absolute Gasteiger partial charge is 0.417 e. The third kappa shape index (κ3) is 6.00. The molecule has 10 heteroatoms. The highest BCUT2D eigenvalue weighted by Crippen LogP contribution is 2.33. The number of hydrogen-bond acceptors (Lipinski definition) is 4. The Morgan fingerprint density at radius 2 is 1.62 bits per heavy atom. The summed E-state index contributed by atoms with van der Waals surface area (Å²) in [6.07, 6.45) is -3.76. The van der Waals surface area contributed by atoms with Crippen LogP contribution in [0.1, 0.15) is 49.2 Å². The molecule has 2 aromatic rings. The maximum absolute atomic E-state index is 12.8. The van der Waals surface area contributed by atoms with E-state index in [9.17, 15) is 22.8 Å². The zero-order valence-electron chi connectivity index (χ0n) is 19.5. The van der Waals surface area contributed by atoms with Gasteiger partial charge in [0.15, 0.2) is 0 Å². The molecule has 6 nitrogen and oxygen atoms in total. The molecule has 1 aliphatic heterocycles. The van der Waals surface area contributed by atoms with E-state index < -0.39 is 17.8 Å². The average Bonchev–Trinajstić information content (AvgIpc) is 2.77. The number of carbonyl (C=O) groups is 2. The number of rotatable bonds is 4. The van der Waals surface area contributed by atoms with Crippen molar-refractivity contribution in [1.29, 1.82) is 0 Å². The molecule has 1 aromatic carbocycles. The molecule has 1 fully saturated rings. The summed E-state index contributed by atoms with van der Waals surface area (Å²) in [5.41, 5.74) is 0.641. The average molecular weight is 497 g/mol. The number of anilines is 1. The lowest BCUT2D eigenvalue weighted by molar-refractivity contribution is -0.138. The second-order valence-electron chi connectivity index (χ2n) is 9.36. The van der Waals surface area contributed by atoms with Gasteiger partial charge in [0.25, 0.3) is 5.91 Å². The third-order valence-electron chi connectivity index (χ3n) is 5.77. The van der Waals surface area contributed by atoms with Gasteiger partial charge in [-0.25, -0.2) is 4.98 Å². The third-order valence-corrected chi connectivity index (χ3v) is 6.05. The van der Waals surface area contributed by atoms with Gasteiger partial charge in [-0.1, -0.05) is 44.5 Å². The van der Waals surface area contributed by atoms with Gasteiger partial charge >= 0.3 is 6.18 Å². The molecular weight excluding hydrogens is 469 g/mol. The van der Waals surface area contributed by atoms with Crippen LogP contribution in [-0.2, 0) is 16.4 Å². The fourth-order valence-electron chi connectivity index (χ4n) is 3.69. The lowest BCUT2D eigenvalue weighted by atomic mass is 9.86. The number of benzene rings is 1. The predicted octanol–water partition coefficient (Wildman–Crippen LogP) is 4.52. The Morgan fingerprint density at radius 1 is 1.03 bits per heavy atom. The Labute approximate surface area is 202 Å². The fourth-order valence-corrected chi connectivity index (χ4v) is 3.98. The van der Waals surface area contributed by atoms with Crippen LogP contribution in [0, 0.1) is 0 Å². The van der Waals surface area contributed by atoms with Gasteiger partial charge in [-0.2, -0.15) is 13.2 Å². The molecule has 34 heavy (non-hydrogen) atoms. The maximum atomic E-state index is 12.8. The van der Waals surface area contributed by atoms with Gasteiger partial charge in [0, 0.05) is 37.9 Å². The number of nitrogens with zero attached hydrogens (tertiary/aromatic N) is 3. The first-order valence-electron chi connectivity index (χ1n) is 11.0.